The van der Waals surface area contributed by atoms with Gasteiger partial charge in [0.1, 0.15) is 0 Å². The molecule has 0 aliphatic rings. The molecule has 19 heavy (non-hydrogen) atoms. The van der Waals surface area contributed by atoms with Gasteiger partial charge < -0.3 is 4.74 Å². The van der Waals surface area contributed by atoms with Crippen LogP contribution >= 0.6 is 0 Å². The Bertz CT molecular complexity index is 272. The quantitative estimate of drug-likeness (QED) is 0.712. The summed E-state index contributed by atoms with van der Waals surface area (Å²) in [4.78, 5) is 0. The highest BCUT2D eigenvalue weighted by atomic mass is 19.4. The Labute approximate surface area is 95.7 Å². The average Bonchev–Trinajstić information content (AvgIpc) is 2.13. The predicted octanol–water partition coefficient (Wildman–Crippen LogP) is 3.99. The van der Waals surface area contributed by atoms with Gasteiger partial charge in [-0.05, 0) is 0 Å². The third-order valence-electron chi connectivity index (χ3n) is 1.56. The minimum atomic E-state index is -6.67. The SMILES string of the molecule is FC(OC(F)C(F)(F)C(F)(F)F)C(F)(F)C(F)(F)F. The van der Waals surface area contributed by atoms with Gasteiger partial charge in [0.05, 0.1) is 0 Å². The molecule has 0 saturated carbocycles. The first-order valence-electron chi connectivity index (χ1n) is 3.88. The zero-order valence-electron chi connectivity index (χ0n) is 8.10. The summed E-state index contributed by atoms with van der Waals surface area (Å²) >= 11 is 0. The molecule has 0 N–H and O–H groups in total. The van der Waals surface area contributed by atoms with Gasteiger partial charge in [-0.2, -0.15) is 43.9 Å². The second-order valence-electron chi connectivity index (χ2n) is 3.01. The molecule has 0 saturated heterocycles. The van der Waals surface area contributed by atoms with E-state index in [1.807, 2.05) is 0 Å². The van der Waals surface area contributed by atoms with E-state index >= 15 is 0 Å². The summed E-state index contributed by atoms with van der Waals surface area (Å²) in [6, 6.07) is 0. The van der Waals surface area contributed by atoms with Gasteiger partial charge in [-0.3, -0.25) is 0 Å². The summed E-state index contributed by atoms with van der Waals surface area (Å²) < 4.78 is 144. The fraction of sp³-hybridized carbons (Fsp3) is 1.00. The molecule has 0 aromatic rings. The number of ether oxygens (including phenoxy) is 1. The molecule has 0 amide bonds. The van der Waals surface area contributed by atoms with Crippen LogP contribution in [0.4, 0.5) is 52.7 Å². The second-order valence-corrected chi connectivity index (χ2v) is 3.01. The van der Waals surface area contributed by atoms with E-state index in [-0.39, 0.29) is 0 Å². The van der Waals surface area contributed by atoms with Crippen molar-refractivity contribution >= 4 is 0 Å². The normalized spacial score (nSPS) is 18.3. The molecule has 0 spiro atoms. The zero-order valence-corrected chi connectivity index (χ0v) is 8.10. The number of alkyl halides is 12. The zero-order chi connectivity index (χ0) is 15.9. The van der Waals surface area contributed by atoms with Gasteiger partial charge in [0.15, 0.2) is 0 Å². The van der Waals surface area contributed by atoms with Crippen LogP contribution in [-0.4, -0.2) is 36.9 Å². The van der Waals surface area contributed by atoms with Crippen molar-refractivity contribution in [2.75, 3.05) is 0 Å². The van der Waals surface area contributed by atoms with Gasteiger partial charge in [-0.25, -0.2) is 8.78 Å². The number of hydrogen-bond acceptors (Lipinski definition) is 1. The van der Waals surface area contributed by atoms with Gasteiger partial charge in [0, 0.05) is 0 Å². The van der Waals surface area contributed by atoms with E-state index in [0.29, 0.717) is 0 Å². The summed E-state index contributed by atoms with van der Waals surface area (Å²) in [5.41, 5.74) is 0. The number of halogens is 12. The van der Waals surface area contributed by atoms with Gasteiger partial charge in [0.2, 0.25) is 0 Å². The van der Waals surface area contributed by atoms with Crippen molar-refractivity contribution in [3.8, 4) is 0 Å². The summed E-state index contributed by atoms with van der Waals surface area (Å²) in [6.45, 7) is 0. The lowest BCUT2D eigenvalue weighted by Crippen LogP contribution is -2.52. The summed E-state index contributed by atoms with van der Waals surface area (Å²) in [5, 5.41) is 0. The van der Waals surface area contributed by atoms with Gasteiger partial charge in [0.25, 0.3) is 12.7 Å². The Hall–Kier alpha value is -0.880. The summed E-state index contributed by atoms with van der Waals surface area (Å²) in [5.74, 6) is -12.9. The third kappa shape index (κ3) is 3.57. The summed E-state index contributed by atoms with van der Waals surface area (Å²) in [7, 11) is 0. The van der Waals surface area contributed by atoms with Crippen molar-refractivity contribution < 1.29 is 57.4 Å². The molecule has 13 heteroatoms. The van der Waals surface area contributed by atoms with E-state index < -0.39 is 36.9 Å². The minimum absolute atomic E-state index is 2.16. The molecule has 0 aliphatic heterocycles. The first-order chi connectivity index (χ1) is 8.05. The van der Waals surface area contributed by atoms with Crippen molar-refractivity contribution in [2.45, 2.75) is 36.9 Å². The fourth-order valence-corrected chi connectivity index (χ4v) is 0.533. The molecule has 0 heterocycles. The van der Waals surface area contributed by atoms with Gasteiger partial charge >= 0.3 is 24.2 Å². The summed E-state index contributed by atoms with van der Waals surface area (Å²) in [6.07, 6.45) is -23.5. The van der Waals surface area contributed by atoms with Crippen LogP contribution in [0.1, 0.15) is 0 Å². The lowest BCUT2D eigenvalue weighted by atomic mass is 10.3. The van der Waals surface area contributed by atoms with E-state index in [4.69, 9.17) is 0 Å². The fourth-order valence-electron chi connectivity index (χ4n) is 0.533. The monoisotopic (exact) mass is 318 g/mol. The Kier molecular flexibility index (Phi) is 4.68. The Balaban J connectivity index is 4.99. The third-order valence-corrected chi connectivity index (χ3v) is 1.56. The topological polar surface area (TPSA) is 9.23 Å². The van der Waals surface area contributed by atoms with E-state index in [1.54, 1.807) is 0 Å². The molecule has 0 bridgehead atoms. The maximum atomic E-state index is 12.2. The van der Waals surface area contributed by atoms with Gasteiger partial charge in [-0.1, -0.05) is 0 Å². The molecule has 1 nitrogen and oxygen atoms in total. The van der Waals surface area contributed by atoms with Crippen LogP contribution in [0, 0.1) is 0 Å². The highest BCUT2D eigenvalue weighted by Gasteiger charge is 2.69. The Morgan fingerprint density at radius 2 is 0.737 bits per heavy atom. The van der Waals surface area contributed by atoms with Crippen LogP contribution < -0.4 is 0 Å². The van der Waals surface area contributed by atoms with Crippen molar-refractivity contribution in [2.24, 2.45) is 0 Å². The highest BCUT2D eigenvalue weighted by Crippen LogP contribution is 2.44. The van der Waals surface area contributed by atoms with E-state index in [9.17, 15) is 52.7 Å². The maximum absolute atomic E-state index is 12.2. The average molecular weight is 318 g/mol. The van der Waals surface area contributed by atoms with Crippen molar-refractivity contribution in [1.82, 2.24) is 0 Å². The molecule has 0 aromatic carbocycles. The second kappa shape index (κ2) is 4.90. The van der Waals surface area contributed by atoms with E-state index in [2.05, 4.69) is 4.74 Å². The number of rotatable bonds is 4. The van der Waals surface area contributed by atoms with Crippen molar-refractivity contribution in [1.29, 1.82) is 0 Å². The van der Waals surface area contributed by atoms with Crippen LogP contribution in [0.3, 0.4) is 0 Å². The predicted molar refractivity (Wildman–Crippen MR) is 32.9 cm³/mol. The molecular weight excluding hydrogens is 316 g/mol. The highest BCUT2D eigenvalue weighted by molar-refractivity contribution is 4.83. The minimum Gasteiger partial charge on any atom is -0.303 e. The van der Waals surface area contributed by atoms with E-state index in [1.165, 1.54) is 0 Å². The molecule has 0 radical (unpaired) electrons. The van der Waals surface area contributed by atoms with Crippen LogP contribution in [0.15, 0.2) is 0 Å². The van der Waals surface area contributed by atoms with E-state index in [0.717, 1.165) is 0 Å². The Morgan fingerprint density at radius 3 is 0.895 bits per heavy atom. The first kappa shape index (κ1) is 18.1. The molecule has 116 valence electrons. The maximum Gasteiger partial charge on any atom is 0.459 e. The number of hydrogen-bond donors (Lipinski definition) is 0. The lowest BCUT2D eigenvalue weighted by Gasteiger charge is -2.27. The molecule has 0 aromatic heterocycles. The molecule has 0 fully saturated rings. The van der Waals surface area contributed by atoms with Crippen LogP contribution in [-0.2, 0) is 4.74 Å². The van der Waals surface area contributed by atoms with Crippen LogP contribution in [0.25, 0.3) is 0 Å². The van der Waals surface area contributed by atoms with Crippen LogP contribution in [0.5, 0.6) is 0 Å². The first-order valence-corrected chi connectivity index (χ1v) is 3.88. The van der Waals surface area contributed by atoms with Gasteiger partial charge in [-0.15, -0.1) is 0 Å². The standard InChI is InChI=1S/C6H2F12O/c7-1(3(9,10)5(13,14)15)19-2(8)4(11,12)6(16,17)18/h1-2H. The Morgan fingerprint density at radius 1 is 0.526 bits per heavy atom. The molecule has 0 aliphatic carbocycles. The lowest BCUT2D eigenvalue weighted by molar-refractivity contribution is -0.392. The molecular formula is C6H2F12O. The van der Waals surface area contributed by atoms with Crippen molar-refractivity contribution in [3.63, 3.8) is 0 Å². The smallest absolute Gasteiger partial charge is 0.303 e. The largest absolute Gasteiger partial charge is 0.459 e. The van der Waals surface area contributed by atoms with Crippen molar-refractivity contribution in [3.05, 3.63) is 0 Å². The molecule has 2 unspecified atom stereocenters. The van der Waals surface area contributed by atoms with Crippen LogP contribution in [0.2, 0.25) is 0 Å². The molecule has 0 rings (SSSR count). The molecule has 2 atom stereocenters.